The highest BCUT2D eigenvalue weighted by molar-refractivity contribution is 5.83. The van der Waals surface area contributed by atoms with E-state index in [0.29, 0.717) is 29.0 Å². The fourth-order valence-electron chi connectivity index (χ4n) is 10.4. The van der Waals surface area contributed by atoms with Crippen LogP contribution in [0.15, 0.2) is 0 Å². The molecule has 0 radical (unpaired) electrons. The zero-order chi connectivity index (χ0) is 24.5. The molecule has 13 atom stereocenters. The topological polar surface area (TPSA) is 17.1 Å². The zero-order valence-corrected chi connectivity index (χ0v) is 23.8. The van der Waals surface area contributed by atoms with Crippen LogP contribution in [0.1, 0.15) is 114 Å². The quantitative estimate of drug-likeness (QED) is 0.403. The number of hydrogen-bond donors (Lipinski definition) is 0. The van der Waals surface area contributed by atoms with E-state index in [9.17, 15) is 4.79 Å². The van der Waals surface area contributed by atoms with Crippen LogP contribution in [0.5, 0.6) is 0 Å². The molecule has 4 aliphatic rings. The number of carbonyl (C=O) groups is 1. The smallest absolute Gasteiger partial charge is 0.136 e. The highest BCUT2D eigenvalue weighted by Gasteiger charge is 2.63. The van der Waals surface area contributed by atoms with Crippen LogP contribution in [0.2, 0.25) is 0 Å². The van der Waals surface area contributed by atoms with E-state index in [1.165, 1.54) is 32.1 Å². The van der Waals surface area contributed by atoms with Crippen molar-refractivity contribution in [3.05, 3.63) is 0 Å². The van der Waals surface area contributed by atoms with Gasteiger partial charge in [0, 0.05) is 12.3 Å². The molecule has 0 aromatic carbocycles. The van der Waals surface area contributed by atoms with Crippen molar-refractivity contribution < 1.29 is 4.79 Å². The minimum Gasteiger partial charge on any atom is -0.299 e. The minimum atomic E-state index is 0.269. The molecule has 190 valence electrons. The van der Waals surface area contributed by atoms with Crippen LogP contribution >= 0.6 is 0 Å². The van der Waals surface area contributed by atoms with Gasteiger partial charge in [-0.2, -0.15) is 0 Å². The Bertz CT molecular complexity index is 724. The van der Waals surface area contributed by atoms with E-state index in [1.807, 2.05) is 0 Å². The van der Waals surface area contributed by atoms with Gasteiger partial charge in [-0.05, 0) is 114 Å². The second kappa shape index (κ2) is 8.96. The maximum Gasteiger partial charge on any atom is 0.136 e. The Labute approximate surface area is 206 Å². The molecule has 0 aliphatic heterocycles. The maximum absolute atomic E-state index is 13.6. The van der Waals surface area contributed by atoms with Crippen molar-refractivity contribution in [3.8, 4) is 0 Å². The van der Waals surface area contributed by atoms with E-state index >= 15 is 0 Å². The van der Waals surface area contributed by atoms with E-state index in [4.69, 9.17) is 0 Å². The van der Waals surface area contributed by atoms with Gasteiger partial charge in [-0.3, -0.25) is 4.79 Å². The van der Waals surface area contributed by atoms with E-state index in [1.54, 1.807) is 0 Å². The highest BCUT2D eigenvalue weighted by Crippen LogP contribution is 2.68. The number of ketones is 1. The molecule has 0 heterocycles. The minimum absolute atomic E-state index is 0.269. The van der Waals surface area contributed by atoms with Crippen molar-refractivity contribution >= 4 is 5.78 Å². The lowest BCUT2D eigenvalue weighted by Crippen LogP contribution is -2.57. The molecule has 1 nitrogen and oxygen atoms in total. The first-order valence-electron chi connectivity index (χ1n) is 14.9. The van der Waals surface area contributed by atoms with Crippen molar-refractivity contribution in [2.75, 3.05) is 0 Å². The summed E-state index contributed by atoms with van der Waals surface area (Å²) in [5.41, 5.74) is 0.720. The van der Waals surface area contributed by atoms with Crippen LogP contribution in [-0.2, 0) is 4.79 Å². The van der Waals surface area contributed by atoms with Crippen molar-refractivity contribution in [2.45, 2.75) is 114 Å². The Morgan fingerprint density at radius 3 is 2.06 bits per heavy atom. The molecule has 0 spiro atoms. The molecule has 33 heavy (non-hydrogen) atoms. The normalized spacial score (nSPS) is 49.1. The summed E-state index contributed by atoms with van der Waals surface area (Å²) in [6.45, 7) is 25.0. The number of rotatable bonds is 5. The molecule has 0 saturated heterocycles. The van der Waals surface area contributed by atoms with Gasteiger partial charge in [0.05, 0.1) is 0 Å². The van der Waals surface area contributed by atoms with Gasteiger partial charge >= 0.3 is 0 Å². The summed E-state index contributed by atoms with van der Waals surface area (Å²) < 4.78 is 0. The molecular formula is C32H56O. The summed E-state index contributed by atoms with van der Waals surface area (Å²) in [5.74, 6) is 9.44. The third kappa shape index (κ3) is 3.98. The standard InChI is InChI=1S/C32H56O/c1-18(2)21(5)22(6)23(7)24(8)26-11-12-27-25-16-30(33)29-15-19(3)20(4)17-32(29,10)28(25)13-14-31(26,27)9/h18-29H,11-17H2,1-10H3/t19-,20+,21-,22+,23-,24+,25?,26+,27?,28?,29+,31+,32+/m0/s1. The molecule has 4 saturated carbocycles. The van der Waals surface area contributed by atoms with Gasteiger partial charge in [-0.25, -0.2) is 0 Å². The second-order valence-corrected chi connectivity index (χ2v) is 14.9. The first kappa shape index (κ1) is 25.8. The van der Waals surface area contributed by atoms with Crippen molar-refractivity contribution in [1.82, 2.24) is 0 Å². The van der Waals surface area contributed by atoms with Crippen LogP contribution < -0.4 is 0 Å². The average Bonchev–Trinajstić information content (AvgIpc) is 3.10. The second-order valence-electron chi connectivity index (χ2n) is 14.9. The van der Waals surface area contributed by atoms with E-state index < -0.39 is 0 Å². The number of fused-ring (bicyclic) bond motifs is 5. The molecule has 1 heteroatoms. The van der Waals surface area contributed by atoms with Gasteiger partial charge in [-0.15, -0.1) is 0 Å². The molecular weight excluding hydrogens is 400 g/mol. The SMILES string of the molecule is CC(C)[C@H](C)[C@@H](C)[C@H](C)[C@@H](C)[C@H]1CCC2C3CC(=O)[C@H]4C[C@H](C)[C@H](C)C[C@]4(C)C3CC[C@@]21C. The highest BCUT2D eigenvalue weighted by atomic mass is 16.1. The van der Waals surface area contributed by atoms with Gasteiger partial charge in [0.25, 0.3) is 0 Å². The van der Waals surface area contributed by atoms with Gasteiger partial charge in [0.1, 0.15) is 5.78 Å². The van der Waals surface area contributed by atoms with Crippen LogP contribution in [0.3, 0.4) is 0 Å². The first-order chi connectivity index (χ1) is 15.3. The Kier molecular flexibility index (Phi) is 6.99. The lowest BCUT2D eigenvalue weighted by molar-refractivity contribution is -0.160. The number of hydrogen-bond acceptors (Lipinski definition) is 1. The predicted molar refractivity (Wildman–Crippen MR) is 141 cm³/mol. The van der Waals surface area contributed by atoms with Crippen molar-refractivity contribution in [1.29, 1.82) is 0 Å². The van der Waals surface area contributed by atoms with Crippen LogP contribution in [0, 0.1) is 81.8 Å². The van der Waals surface area contributed by atoms with Crippen LogP contribution in [0.25, 0.3) is 0 Å². The van der Waals surface area contributed by atoms with Crippen LogP contribution in [0.4, 0.5) is 0 Å². The molecule has 4 aliphatic carbocycles. The van der Waals surface area contributed by atoms with E-state index in [0.717, 1.165) is 66.1 Å². The molecule has 0 bridgehead atoms. The molecule has 4 rings (SSSR count). The molecule has 0 N–H and O–H groups in total. The van der Waals surface area contributed by atoms with Gasteiger partial charge in [0.2, 0.25) is 0 Å². The Balaban J connectivity index is 1.56. The molecule has 0 amide bonds. The third-order valence-corrected chi connectivity index (χ3v) is 13.5. The summed E-state index contributed by atoms with van der Waals surface area (Å²) in [4.78, 5) is 13.6. The van der Waals surface area contributed by atoms with E-state index in [2.05, 4.69) is 69.2 Å². The number of carbonyl (C=O) groups excluding carboxylic acids is 1. The Morgan fingerprint density at radius 1 is 0.788 bits per heavy atom. The Hall–Kier alpha value is -0.330. The monoisotopic (exact) mass is 456 g/mol. The van der Waals surface area contributed by atoms with Crippen molar-refractivity contribution in [3.63, 3.8) is 0 Å². The summed E-state index contributed by atoms with van der Waals surface area (Å²) >= 11 is 0. The molecule has 0 aromatic heterocycles. The third-order valence-electron chi connectivity index (χ3n) is 13.5. The average molecular weight is 457 g/mol. The molecule has 3 unspecified atom stereocenters. The largest absolute Gasteiger partial charge is 0.299 e. The van der Waals surface area contributed by atoms with Crippen LogP contribution in [-0.4, -0.2) is 5.78 Å². The van der Waals surface area contributed by atoms with Gasteiger partial charge < -0.3 is 0 Å². The van der Waals surface area contributed by atoms with E-state index in [-0.39, 0.29) is 5.41 Å². The maximum atomic E-state index is 13.6. The first-order valence-corrected chi connectivity index (χ1v) is 14.9. The lowest BCUT2D eigenvalue weighted by Gasteiger charge is -2.61. The lowest BCUT2D eigenvalue weighted by atomic mass is 9.42. The predicted octanol–water partition coefficient (Wildman–Crippen LogP) is 8.91. The zero-order valence-electron chi connectivity index (χ0n) is 23.8. The summed E-state index contributed by atoms with van der Waals surface area (Å²) in [7, 11) is 0. The summed E-state index contributed by atoms with van der Waals surface area (Å²) in [6.07, 6.45) is 8.93. The summed E-state index contributed by atoms with van der Waals surface area (Å²) in [5, 5.41) is 0. The molecule has 4 fully saturated rings. The molecule has 0 aromatic rings. The fourth-order valence-corrected chi connectivity index (χ4v) is 10.4. The van der Waals surface area contributed by atoms with Crippen molar-refractivity contribution in [2.24, 2.45) is 81.8 Å². The Morgan fingerprint density at radius 2 is 1.42 bits per heavy atom. The fraction of sp³-hybridized carbons (Fsp3) is 0.969. The van der Waals surface area contributed by atoms with Gasteiger partial charge in [-0.1, -0.05) is 69.2 Å². The van der Waals surface area contributed by atoms with Gasteiger partial charge in [0.15, 0.2) is 0 Å². The number of Topliss-reactive ketones (excluding diaryl/α,β-unsaturated/α-hetero) is 1. The summed E-state index contributed by atoms with van der Waals surface area (Å²) in [6, 6.07) is 0.